The molecule has 3 fully saturated rings. The lowest BCUT2D eigenvalue weighted by molar-refractivity contribution is 0.155. The molecule has 1 aromatic rings. The minimum atomic E-state index is -0.933. The van der Waals surface area contributed by atoms with Crippen LogP contribution in [0, 0.1) is 41.2 Å². The van der Waals surface area contributed by atoms with Gasteiger partial charge in [0, 0.05) is 0 Å². The van der Waals surface area contributed by atoms with Crippen LogP contribution < -0.4 is 9.47 Å². The first-order valence-electron chi connectivity index (χ1n) is 14.1. The largest absolute Gasteiger partial charge is 0.490 e. The highest BCUT2D eigenvalue weighted by molar-refractivity contribution is 5.35. The molecular formula is C30H42F2O2. The molecule has 1 atom stereocenters. The number of hydrogen-bond donors (Lipinski definition) is 0. The van der Waals surface area contributed by atoms with E-state index in [0.717, 1.165) is 49.4 Å². The zero-order valence-corrected chi connectivity index (χ0v) is 20.7. The van der Waals surface area contributed by atoms with E-state index < -0.39 is 11.6 Å². The molecule has 0 bridgehead atoms. The smallest absolute Gasteiger partial charge is 0.204 e. The third kappa shape index (κ3) is 5.79. The van der Waals surface area contributed by atoms with Crippen LogP contribution >= 0.6 is 0 Å². The number of allylic oxidation sites excluding steroid dienone is 1. The molecule has 0 aliphatic heterocycles. The molecule has 0 heterocycles. The first-order chi connectivity index (χ1) is 16.7. The summed E-state index contributed by atoms with van der Waals surface area (Å²) in [5.41, 5.74) is 1.22. The number of halogens is 2. The van der Waals surface area contributed by atoms with Gasteiger partial charge in [0.15, 0.2) is 11.5 Å². The van der Waals surface area contributed by atoms with Crippen molar-refractivity contribution in [3.8, 4) is 11.5 Å². The fraction of sp³-hybridized carbons (Fsp3) is 0.733. The second-order valence-electron chi connectivity index (χ2n) is 11.6. The maximum absolute atomic E-state index is 14.6. The molecule has 0 saturated heterocycles. The maximum atomic E-state index is 14.6. The predicted molar refractivity (Wildman–Crippen MR) is 132 cm³/mol. The second kappa shape index (κ2) is 11.4. The first-order valence-corrected chi connectivity index (χ1v) is 14.1. The average Bonchev–Trinajstić information content (AvgIpc) is 3.60. The van der Waals surface area contributed by atoms with Crippen molar-refractivity contribution < 1.29 is 18.3 Å². The summed E-state index contributed by atoms with van der Waals surface area (Å²) in [7, 11) is 0. The van der Waals surface area contributed by atoms with Gasteiger partial charge in [0.2, 0.25) is 11.6 Å². The van der Waals surface area contributed by atoms with E-state index in [1.807, 2.05) is 0 Å². The Bertz CT molecular complexity index is 830. The summed E-state index contributed by atoms with van der Waals surface area (Å²) in [5.74, 6) is 2.27. The quantitative estimate of drug-likeness (QED) is 0.353. The van der Waals surface area contributed by atoms with Crippen molar-refractivity contribution >= 4 is 0 Å². The summed E-state index contributed by atoms with van der Waals surface area (Å²) in [6.45, 7) is 0.812. The van der Waals surface area contributed by atoms with Crippen molar-refractivity contribution in [2.24, 2.45) is 29.6 Å². The van der Waals surface area contributed by atoms with E-state index in [9.17, 15) is 8.78 Å². The topological polar surface area (TPSA) is 18.5 Å². The van der Waals surface area contributed by atoms with Gasteiger partial charge in [-0.15, -0.1) is 0 Å². The lowest BCUT2D eigenvalue weighted by Crippen LogP contribution is -2.26. The van der Waals surface area contributed by atoms with Gasteiger partial charge in [0.05, 0.1) is 6.61 Å². The Balaban J connectivity index is 1.07. The Morgan fingerprint density at radius 1 is 0.647 bits per heavy atom. The molecule has 1 aromatic carbocycles. The molecule has 1 unspecified atom stereocenters. The van der Waals surface area contributed by atoms with Gasteiger partial charge >= 0.3 is 0 Å². The number of rotatable bonds is 8. The van der Waals surface area contributed by atoms with Crippen LogP contribution in [0.2, 0.25) is 0 Å². The van der Waals surface area contributed by atoms with Crippen LogP contribution in [0.1, 0.15) is 96.3 Å². The minimum Gasteiger partial charge on any atom is -0.490 e. The maximum Gasteiger partial charge on any atom is 0.204 e. The molecule has 3 saturated carbocycles. The Morgan fingerprint density at radius 2 is 1.21 bits per heavy atom. The van der Waals surface area contributed by atoms with Crippen molar-refractivity contribution in [3.05, 3.63) is 35.4 Å². The normalized spacial score (nSPS) is 28.8. The zero-order valence-electron chi connectivity index (χ0n) is 20.7. The molecule has 0 spiro atoms. The number of ether oxygens (including phenoxy) is 2. The van der Waals surface area contributed by atoms with Crippen LogP contribution in [0.25, 0.3) is 0 Å². The van der Waals surface area contributed by atoms with Gasteiger partial charge in [0.1, 0.15) is 6.61 Å². The lowest BCUT2D eigenvalue weighted by Gasteiger charge is -2.37. The van der Waals surface area contributed by atoms with Gasteiger partial charge in [-0.05, 0) is 105 Å². The molecule has 0 amide bonds. The monoisotopic (exact) mass is 472 g/mol. The summed E-state index contributed by atoms with van der Waals surface area (Å²) >= 11 is 0. The van der Waals surface area contributed by atoms with Crippen molar-refractivity contribution in [1.82, 2.24) is 0 Å². The highest BCUT2D eigenvalue weighted by Crippen LogP contribution is 2.45. The standard InChI is InChI=1S/C30H42F2O2/c31-29-27(33-19-21-5-1-2-6-21)17-18-28(30(29)32)34-20-22-9-11-24(12-10-22)26-15-13-25(14-16-26)23-7-3-4-8-23/h9,17-18,21,23-26H,1-8,10-16,19-20H2. The minimum absolute atomic E-state index is 0.000809. The highest BCUT2D eigenvalue weighted by atomic mass is 19.2. The molecule has 34 heavy (non-hydrogen) atoms. The molecule has 4 aliphatic carbocycles. The number of benzene rings is 1. The van der Waals surface area contributed by atoms with Crippen LogP contribution in [0.3, 0.4) is 0 Å². The van der Waals surface area contributed by atoms with Crippen molar-refractivity contribution in [1.29, 1.82) is 0 Å². The number of hydrogen-bond acceptors (Lipinski definition) is 2. The molecule has 188 valence electrons. The van der Waals surface area contributed by atoms with Gasteiger partial charge in [-0.2, -0.15) is 8.78 Å². The summed E-state index contributed by atoms with van der Waals surface area (Å²) in [6, 6.07) is 3.02. The van der Waals surface area contributed by atoms with Crippen LogP contribution in [-0.2, 0) is 0 Å². The predicted octanol–water partition coefficient (Wildman–Crippen LogP) is 8.64. The summed E-state index contributed by atoms with van der Waals surface area (Å²) in [6.07, 6.45) is 21.8. The van der Waals surface area contributed by atoms with Crippen LogP contribution in [0.4, 0.5) is 8.78 Å². The Morgan fingerprint density at radius 3 is 1.82 bits per heavy atom. The molecule has 4 heteroatoms. The second-order valence-corrected chi connectivity index (χ2v) is 11.6. The van der Waals surface area contributed by atoms with E-state index in [2.05, 4.69) is 6.08 Å². The van der Waals surface area contributed by atoms with E-state index in [0.29, 0.717) is 19.1 Å². The van der Waals surface area contributed by atoms with E-state index in [1.54, 1.807) is 0 Å². The molecule has 5 rings (SSSR count). The van der Waals surface area contributed by atoms with Gasteiger partial charge in [-0.1, -0.05) is 44.6 Å². The van der Waals surface area contributed by atoms with E-state index in [1.165, 1.54) is 88.3 Å². The molecule has 0 aromatic heterocycles. The van der Waals surface area contributed by atoms with Crippen LogP contribution in [-0.4, -0.2) is 13.2 Å². The van der Waals surface area contributed by atoms with Crippen LogP contribution in [0.15, 0.2) is 23.8 Å². The third-order valence-corrected chi connectivity index (χ3v) is 9.47. The van der Waals surface area contributed by atoms with Gasteiger partial charge in [0.25, 0.3) is 0 Å². The van der Waals surface area contributed by atoms with Gasteiger partial charge in [-0.25, -0.2) is 0 Å². The van der Waals surface area contributed by atoms with Crippen LogP contribution in [0.5, 0.6) is 11.5 Å². The van der Waals surface area contributed by atoms with E-state index >= 15 is 0 Å². The first kappa shape index (κ1) is 24.1. The van der Waals surface area contributed by atoms with Gasteiger partial charge in [-0.3, -0.25) is 0 Å². The van der Waals surface area contributed by atoms with Crippen molar-refractivity contribution in [2.75, 3.05) is 13.2 Å². The highest BCUT2D eigenvalue weighted by Gasteiger charge is 2.33. The summed E-state index contributed by atoms with van der Waals surface area (Å²) in [5, 5.41) is 0. The molecule has 0 radical (unpaired) electrons. The Hall–Kier alpha value is -1.58. The molecule has 0 N–H and O–H groups in total. The fourth-order valence-corrected chi connectivity index (χ4v) is 7.28. The van der Waals surface area contributed by atoms with E-state index in [-0.39, 0.29) is 11.5 Å². The third-order valence-electron chi connectivity index (χ3n) is 9.47. The van der Waals surface area contributed by atoms with Crippen molar-refractivity contribution in [2.45, 2.75) is 96.3 Å². The fourth-order valence-electron chi connectivity index (χ4n) is 7.28. The molecular weight excluding hydrogens is 430 g/mol. The lowest BCUT2D eigenvalue weighted by atomic mass is 9.69. The Kier molecular flexibility index (Phi) is 8.12. The van der Waals surface area contributed by atoms with Crippen molar-refractivity contribution in [3.63, 3.8) is 0 Å². The zero-order chi connectivity index (χ0) is 23.3. The summed E-state index contributed by atoms with van der Waals surface area (Å²) < 4.78 is 40.3. The van der Waals surface area contributed by atoms with Gasteiger partial charge < -0.3 is 9.47 Å². The average molecular weight is 473 g/mol. The SMILES string of the molecule is Fc1c(OCC2=CCC(C3CCC(C4CCCC4)CC3)CC2)ccc(OCC2CCCC2)c1F. The molecule has 4 aliphatic rings. The van der Waals surface area contributed by atoms with E-state index in [4.69, 9.17) is 9.47 Å². The summed E-state index contributed by atoms with van der Waals surface area (Å²) in [4.78, 5) is 0. The Labute approximate surface area is 204 Å². The molecule has 2 nitrogen and oxygen atoms in total.